The molecule has 0 aliphatic carbocycles. The highest BCUT2D eigenvalue weighted by atomic mass is 79.9. The summed E-state index contributed by atoms with van der Waals surface area (Å²) in [5.41, 5.74) is 1.58. The van der Waals surface area contributed by atoms with Crippen molar-refractivity contribution in [2.75, 3.05) is 0 Å². The van der Waals surface area contributed by atoms with Crippen molar-refractivity contribution in [3.05, 3.63) is 56.5 Å². The average molecular weight is 367 g/mol. The normalized spacial score (nSPS) is 9.89. The van der Waals surface area contributed by atoms with E-state index in [0.717, 1.165) is 14.5 Å². The van der Waals surface area contributed by atoms with Gasteiger partial charge in [-0.3, -0.25) is 0 Å². The number of ether oxygens (including phenoxy) is 1. The lowest BCUT2D eigenvalue weighted by Gasteiger charge is -2.09. The third kappa shape index (κ3) is 2.74. The van der Waals surface area contributed by atoms with Gasteiger partial charge in [-0.05, 0) is 58.7 Å². The van der Waals surface area contributed by atoms with E-state index in [9.17, 15) is 0 Å². The Morgan fingerprint density at radius 3 is 2.56 bits per heavy atom. The first-order chi connectivity index (χ1) is 8.61. The Hall–Kier alpha value is -1.31. The van der Waals surface area contributed by atoms with Crippen molar-refractivity contribution in [3.8, 4) is 17.6 Å². The Balaban J connectivity index is 2.37. The minimum Gasteiger partial charge on any atom is -0.456 e. The van der Waals surface area contributed by atoms with Gasteiger partial charge in [-0.15, -0.1) is 0 Å². The number of nitrogens with zero attached hydrogens (tertiary/aromatic N) is 1. The number of rotatable bonds is 2. The summed E-state index contributed by atoms with van der Waals surface area (Å²) in [6.45, 7) is 1.99. The lowest BCUT2D eigenvalue weighted by Crippen LogP contribution is -1.90. The third-order valence-corrected chi connectivity index (χ3v) is 3.99. The first-order valence-electron chi connectivity index (χ1n) is 5.24. The van der Waals surface area contributed by atoms with E-state index in [1.54, 1.807) is 6.07 Å². The molecule has 2 nitrogen and oxygen atoms in total. The summed E-state index contributed by atoms with van der Waals surface area (Å²) in [4.78, 5) is 0. The van der Waals surface area contributed by atoms with Crippen LogP contribution in [0.2, 0.25) is 0 Å². The molecule has 4 heteroatoms. The highest BCUT2D eigenvalue weighted by Crippen LogP contribution is 2.31. The average Bonchev–Trinajstić information content (AvgIpc) is 2.34. The van der Waals surface area contributed by atoms with Crippen LogP contribution in [0.25, 0.3) is 0 Å². The van der Waals surface area contributed by atoms with Gasteiger partial charge in [-0.1, -0.05) is 22.0 Å². The van der Waals surface area contributed by atoms with Crippen LogP contribution in [0.15, 0.2) is 45.3 Å². The number of hydrogen-bond donors (Lipinski definition) is 0. The molecule has 0 spiro atoms. The van der Waals surface area contributed by atoms with Crippen molar-refractivity contribution < 1.29 is 4.74 Å². The van der Waals surface area contributed by atoms with E-state index in [4.69, 9.17) is 10.00 Å². The molecule has 90 valence electrons. The standard InChI is InChI=1S/C14H9Br2NO/c1-9-7-10(5-6-12(9)15)18-14-4-2-3-13(16)11(14)8-17/h2-7H,1H3. The van der Waals surface area contributed by atoms with Gasteiger partial charge in [-0.2, -0.15) is 5.26 Å². The van der Waals surface area contributed by atoms with E-state index >= 15 is 0 Å². The Bertz CT molecular complexity index is 632. The van der Waals surface area contributed by atoms with E-state index in [-0.39, 0.29) is 0 Å². The fourth-order valence-corrected chi connectivity index (χ4v) is 2.19. The highest BCUT2D eigenvalue weighted by Gasteiger charge is 2.08. The topological polar surface area (TPSA) is 33.0 Å². The number of nitriles is 1. The van der Waals surface area contributed by atoms with Crippen LogP contribution in [0, 0.1) is 18.3 Å². The summed E-state index contributed by atoms with van der Waals surface area (Å²) in [6, 6.07) is 13.3. The van der Waals surface area contributed by atoms with Crippen LogP contribution in [-0.2, 0) is 0 Å². The molecule has 0 heterocycles. The maximum Gasteiger partial charge on any atom is 0.146 e. The zero-order chi connectivity index (χ0) is 13.1. The SMILES string of the molecule is Cc1cc(Oc2cccc(Br)c2C#N)ccc1Br. The molecule has 0 N–H and O–H groups in total. The van der Waals surface area contributed by atoms with E-state index in [1.165, 1.54) is 0 Å². The molecule has 0 aliphatic rings. The largest absolute Gasteiger partial charge is 0.456 e. The van der Waals surface area contributed by atoms with Gasteiger partial charge in [0.2, 0.25) is 0 Å². The van der Waals surface area contributed by atoms with Gasteiger partial charge < -0.3 is 4.74 Å². The van der Waals surface area contributed by atoms with E-state index in [0.29, 0.717) is 17.1 Å². The molecule has 0 saturated heterocycles. The molecule has 0 radical (unpaired) electrons. The minimum atomic E-state index is 0.498. The zero-order valence-electron chi connectivity index (χ0n) is 9.58. The Morgan fingerprint density at radius 1 is 1.11 bits per heavy atom. The second-order valence-electron chi connectivity index (χ2n) is 3.74. The Labute approximate surface area is 122 Å². The summed E-state index contributed by atoms with van der Waals surface area (Å²) < 4.78 is 7.51. The minimum absolute atomic E-state index is 0.498. The quantitative estimate of drug-likeness (QED) is 0.733. The van der Waals surface area contributed by atoms with Crippen molar-refractivity contribution in [2.45, 2.75) is 6.92 Å². The van der Waals surface area contributed by atoms with Gasteiger partial charge in [-0.25, -0.2) is 0 Å². The summed E-state index contributed by atoms with van der Waals surface area (Å²) in [7, 11) is 0. The van der Waals surface area contributed by atoms with Crippen LogP contribution >= 0.6 is 31.9 Å². The number of aryl methyl sites for hydroxylation is 1. The van der Waals surface area contributed by atoms with Gasteiger partial charge >= 0.3 is 0 Å². The summed E-state index contributed by atoms with van der Waals surface area (Å²) in [5.74, 6) is 1.26. The van der Waals surface area contributed by atoms with Crippen LogP contribution in [0.1, 0.15) is 11.1 Å². The molecule has 2 aromatic rings. The van der Waals surface area contributed by atoms with Crippen LogP contribution in [0.3, 0.4) is 0 Å². The molecule has 0 atom stereocenters. The number of benzene rings is 2. The molecular formula is C14H9Br2NO. The second kappa shape index (κ2) is 5.55. The molecule has 0 saturated carbocycles. The lowest BCUT2D eigenvalue weighted by atomic mass is 10.2. The van der Waals surface area contributed by atoms with E-state index < -0.39 is 0 Å². The van der Waals surface area contributed by atoms with Crippen LogP contribution in [0.5, 0.6) is 11.5 Å². The predicted octanol–water partition coefficient (Wildman–Crippen LogP) is 5.18. The second-order valence-corrected chi connectivity index (χ2v) is 5.45. The first-order valence-corrected chi connectivity index (χ1v) is 6.83. The molecule has 0 unspecified atom stereocenters. The zero-order valence-corrected chi connectivity index (χ0v) is 12.7. The monoisotopic (exact) mass is 365 g/mol. The van der Waals surface area contributed by atoms with Gasteiger partial charge in [0.1, 0.15) is 23.1 Å². The van der Waals surface area contributed by atoms with Crippen LogP contribution in [-0.4, -0.2) is 0 Å². The smallest absolute Gasteiger partial charge is 0.146 e. The fourth-order valence-electron chi connectivity index (χ4n) is 1.51. The Morgan fingerprint density at radius 2 is 1.89 bits per heavy atom. The van der Waals surface area contributed by atoms with Crippen molar-refractivity contribution in [3.63, 3.8) is 0 Å². The van der Waals surface area contributed by atoms with Gasteiger partial charge in [0, 0.05) is 8.95 Å². The molecule has 0 aromatic heterocycles. The number of hydrogen-bond acceptors (Lipinski definition) is 2. The summed E-state index contributed by atoms with van der Waals surface area (Å²) in [5, 5.41) is 9.11. The van der Waals surface area contributed by atoms with Crippen molar-refractivity contribution >= 4 is 31.9 Å². The van der Waals surface area contributed by atoms with E-state index in [2.05, 4.69) is 37.9 Å². The first kappa shape index (κ1) is 13.1. The van der Waals surface area contributed by atoms with Gasteiger partial charge in [0.15, 0.2) is 0 Å². The molecule has 0 bridgehead atoms. The Kier molecular flexibility index (Phi) is 4.05. The molecule has 0 amide bonds. The highest BCUT2D eigenvalue weighted by molar-refractivity contribution is 9.10. The molecular weight excluding hydrogens is 358 g/mol. The van der Waals surface area contributed by atoms with Crippen molar-refractivity contribution in [1.82, 2.24) is 0 Å². The van der Waals surface area contributed by atoms with Crippen LogP contribution < -0.4 is 4.74 Å². The number of halogens is 2. The van der Waals surface area contributed by atoms with Crippen molar-refractivity contribution in [2.24, 2.45) is 0 Å². The maximum absolute atomic E-state index is 9.11. The lowest BCUT2D eigenvalue weighted by molar-refractivity contribution is 0.480. The van der Waals surface area contributed by atoms with Crippen molar-refractivity contribution in [1.29, 1.82) is 5.26 Å². The molecule has 18 heavy (non-hydrogen) atoms. The predicted molar refractivity (Wildman–Crippen MR) is 77.8 cm³/mol. The fraction of sp³-hybridized carbons (Fsp3) is 0.0714. The molecule has 0 aliphatic heterocycles. The van der Waals surface area contributed by atoms with Gasteiger partial charge in [0.25, 0.3) is 0 Å². The van der Waals surface area contributed by atoms with Crippen LogP contribution in [0.4, 0.5) is 0 Å². The maximum atomic E-state index is 9.11. The molecule has 2 rings (SSSR count). The molecule has 2 aromatic carbocycles. The van der Waals surface area contributed by atoms with Gasteiger partial charge in [0.05, 0.1) is 0 Å². The van der Waals surface area contributed by atoms with E-state index in [1.807, 2.05) is 37.3 Å². The summed E-state index contributed by atoms with van der Waals surface area (Å²) >= 11 is 6.78. The summed E-state index contributed by atoms with van der Waals surface area (Å²) in [6.07, 6.45) is 0. The third-order valence-electron chi connectivity index (χ3n) is 2.44. The molecule has 0 fully saturated rings.